The van der Waals surface area contributed by atoms with Gasteiger partial charge in [0.1, 0.15) is 0 Å². The van der Waals surface area contributed by atoms with E-state index in [4.69, 9.17) is 0 Å². The lowest BCUT2D eigenvalue weighted by molar-refractivity contribution is 0.622. The van der Waals surface area contributed by atoms with Crippen LogP contribution in [-0.2, 0) is 0 Å². The number of allylic oxidation sites excluding steroid dienone is 4. The van der Waals surface area contributed by atoms with E-state index in [0.717, 1.165) is 25.1 Å². The first kappa shape index (κ1) is 18.3. The van der Waals surface area contributed by atoms with Gasteiger partial charge in [0.25, 0.3) is 0 Å². The molecule has 1 unspecified atom stereocenters. The smallest absolute Gasteiger partial charge is 0.0327 e. The molecule has 0 heterocycles. The number of nitrogens with one attached hydrogen (secondary N) is 1. The first-order chi connectivity index (χ1) is 10.5. The molecule has 0 fully saturated rings. The molecule has 0 aromatic heterocycles. The van der Waals surface area contributed by atoms with E-state index in [9.17, 15) is 0 Å². The van der Waals surface area contributed by atoms with Gasteiger partial charge in [0, 0.05) is 12.2 Å². The van der Waals surface area contributed by atoms with E-state index in [2.05, 4.69) is 76.0 Å². The molecule has 1 nitrogen and oxygen atoms in total. The third-order valence-corrected chi connectivity index (χ3v) is 4.20. The Morgan fingerprint density at radius 3 is 2.45 bits per heavy atom. The van der Waals surface area contributed by atoms with E-state index < -0.39 is 0 Å². The predicted octanol–water partition coefficient (Wildman–Crippen LogP) is 5.88. The topological polar surface area (TPSA) is 12.0 Å². The maximum absolute atomic E-state index is 4.16. The summed E-state index contributed by atoms with van der Waals surface area (Å²) in [7, 11) is 0. The van der Waals surface area contributed by atoms with Gasteiger partial charge in [-0.25, -0.2) is 0 Å². The lowest BCUT2D eigenvalue weighted by atomic mass is 9.88. The number of hydrogen-bond acceptors (Lipinski definition) is 1. The molecule has 0 aliphatic rings. The van der Waals surface area contributed by atoms with Crippen molar-refractivity contribution >= 4 is 5.57 Å². The minimum Gasteiger partial charge on any atom is -0.385 e. The van der Waals surface area contributed by atoms with Crippen LogP contribution in [0.15, 0.2) is 54.3 Å². The van der Waals surface area contributed by atoms with Gasteiger partial charge in [0.05, 0.1) is 0 Å². The minimum absolute atomic E-state index is 0.511. The molecule has 0 radical (unpaired) electrons. The zero-order chi connectivity index (χ0) is 16.5. The molecule has 0 aliphatic carbocycles. The second kappa shape index (κ2) is 9.30. The Morgan fingerprint density at radius 1 is 1.27 bits per heavy atom. The summed E-state index contributed by atoms with van der Waals surface area (Å²) >= 11 is 0. The van der Waals surface area contributed by atoms with Crippen molar-refractivity contribution in [2.45, 2.75) is 47.5 Å². The lowest BCUT2D eigenvalue weighted by Gasteiger charge is -2.20. The Labute approximate surface area is 136 Å². The highest BCUT2D eigenvalue weighted by Crippen LogP contribution is 2.29. The van der Waals surface area contributed by atoms with Crippen molar-refractivity contribution in [3.63, 3.8) is 0 Å². The van der Waals surface area contributed by atoms with Crippen LogP contribution in [0.4, 0.5) is 0 Å². The van der Waals surface area contributed by atoms with E-state index >= 15 is 0 Å². The third kappa shape index (κ3) is 5.55. The largest absolute Gasteiger partial charge is 0.385 e. The summed E-state index contributed by atoms with van der Waals surface area (Å²) in [5, 5.41) is 3.38. The van der Waals surface area contributed by atoms with Crippen molar-refractivity contribution in [1.29, 1.82) is 0 Å². The van der Waals surface area contributed by atoms with Crippen LogP contribution in [0.2, 0.25) is 0 Å². The van der Waals surface area contributed by atoms with Crippen molar-refractivity contribution in [2.75, 3.05) is 6.54 Å². The van der Waals surface area contributed by atoms with Crippen LogP contribution in [0.1, 0.15) is 51.7 Å². The normalized spacial score (nSPS) is 13.9. The lowest BCUT2D eigenvalue weighted by Crippen LogP contribution is -2.15. The second-order valence-corrected chi connectivity index (χ2v) is 6.03. The Kier molecular flexibility index (Phi) is 7.73. The van der Waals surface area contributed by atoms with Gasteiger partial charge in [-0.1, -0.05) is 68.0 Å². The minimum atomic E-state index is 0.511. The van der Waals surface area contributed by atoms with Gasteiger partial charge < -0.3 is 5.32 Å². The van der Waals surface area contributed by atoms with Crippen LogP contribution in [0.25, 0.3) is 5.57 Å². The molecule has 1 aromatic carbocycles. The summed E-state index contributed by atoms with van der Waals surface area (Å²) in [4.78, 5) is 0. The summed E-state index contributed by atoms with van der Waals surface area (Å²) in [6.07, 6.45) is 6.25. The first-order valence-electron chi connectivity index (χ1n) is 8.29. The average Bonchev–Trinajstić information content (AvgIpc) is 2.48. The molecule has 1 atom stereocenters. The van der Waals surface area contributed by atoms with Crippen LogP contribution < -0.4 is 5.32 Å². The van der Waals surface area contributed by atoms with E-state index in [1.165, 1.54) is 22.3 Å². The van der Waals surface area contributed by atoms with Crippen molar-refractivity contribution < 1.29 is 0 Å². The van der Waals surface area contributed by atoms with Gasteiger partial charge in [0.15, 0.2) is 0 Å². The van der Waals surface area contributed by atoms with E-state index in [1.807, 2.05) is 6.92 Å². The summed E-state index contributed by atoms with van der Waals surface area (Å²) < 4.78 is 0. The highest BCUT2D eigenvalue weighted by atomic mass is 14.9. The van der Waals surface area contributed by atoms with Gasteiger partial charge in [-0.15, -0.1) is 0 Å². The van der Waals surface area contributed by atoms with E-state index in [1.54, 1.807) is 0 Å². The highest BCUT2D eigenvalue weighted by Gasteiger charge is 2.12. The molecule has 0 bridgehead atoms. The second-order valence-electron chi connectivity index (χ2n) is 6.03. The zero-order valence-corrected chi connectivity index (χ0v) is 14.9. The van der Waals surface area contributed by atoms with Gasteiger partial charge in [0.2, 0.25) is 0 Å². The summed E-state index contributed by atoms with van der Waals surface area (Å²) in [6, 6.07) is 8.83. The Hall–Kier alpha value is -1.76. The van der Waals surface area contributed by atoms with Gasteiger partial charge >= 0.3 is 0 Å². The maximum atomic E-state index is 4.16. The van der Waals surface area contributed by atoms with Crippen molar-refractivity contribution in [3.05, 3.63) is 65.4 Å². The molecule has 22 heavy (non-hydrogen) atoms. The first-order valence-corrected chi connectivity index (χ1v) is 8.29. The van der Waals surface area contributed by atoms with Crippen LogP contribution >= 0.6 is 0 Å². The molecular formula is C21H31N. The molecule has 1 aromatic rings. The van der Waals surface area contributed by atoms with Crippen LogP contribution in [0.5, 0.6) is 0 Å². The Balaban J connectivity index is 2.82. The third-order valence-electron chi connectivity index (χ3n) is 4.20. The summed E-state index contributed by atoms with van der Waals surface area (Å²) in [5.41, 5.74) is 6.70. The molecule has 1 rings (SSSR count). The molecule has 0 spiro atoms. The molecular weight excluding hydrogens is 266 g/mol. The van der Waals surface area contributed by atoms with E-state index in [0.29, 0.717) is 5.92 Å². The molecule has 1 heteroatoms. The van der Waals surface area contributed by atoms with Crippen LogP contribution in [-0.4, -0.2) is 6.54 Å². The Morgan fingerprint density at radius 2 is 1.91 bits per heavy atom. The zero-order valence-electron chi connectivity index (χ0n) is 14.9. The Bertz CT molecular complexity index is 532. The van der Waals surface area contributed by atoms with Crippen molar-refractivity contribution in [3.8, 4) is 0 Å². The standard InChI is InChI=1S/C21H31N/c1-7-9-14-22-18(5)15-17(4)21(8-2)19(6)20-12-10-16(3)11-13-20/h7,9-13,17,22H,5,8,14-15H2,1-4,6H3/b9-7-,21-19+. The van der Waals surface area contributed by atoms with Crippen LogP contribution in [0.3, 0.4) is 0 Å². The van der Waals surface area contributed by atoms with E-state index in [-0.39, 0.29) is 0 Å². The fourth-order valence-electron chi connectivity index (χ4n) is 2.86. The fourth-order valence-corrected chi connectivity index (χ4v) is 2.86. The number of rotatable bonds is 8. The number of benzene rings is 1. The molecule has 120 valence electrons. The van der Waals surface area contributed by atoms with Gasteiger partial charge in [-0.3, -0.25) is 0 Å². The maximum Gasteiger partial charge on any atom is 0.0327 e. The fraction of sp³-hybridized carbons (Fsp3) is 0.429. The highest BCUT2D eigenvalue weighted by molar-refractivity contribution is 5.67. The monoisotopic (exact) mass is 297 g/mol. The number of hydrogen-bond donors (Lipinski definition) is 1. The molecule has 0 saturated carbocycles. The molecule has 0 amide bonds. The SMILES string of the molecule is C=C(CC(C)/C(CC)=C(\C)c1ccc(C)cc1)NC/C=C\C. The molecule has 0 saturated heterocycles. The van der Waals surface area contributed by atoms with Gasteiger partial charge in [-0.2, -0.15) is 0 Å². The predicted molar refractivity (Wildman–Crippen MR) is 99.8 cm³/mol. The average molecular weight is 297 g/mol. The summed E-state index contributed by atoms with van der Waals surface area (Å²) in [5.74, 6) is 0.511. The number of aryl methyl sites for hydroxylation is 1. The summed E-state index contributed by atoms with van der Waals surface area (Å²) in [6.45, 7) is 16.0. The molecule has 1 N–H and O–H groups in total. The van der Waals surface area contributed by atoms with Crippen molar-refractivity contribution in [2.24, 2.45) is 5.92 Å². The van der Waals surface area contributed by atoms with Crippen molar-refractivity contribution in [1.82, 2.24) is 5.32 Å². The van der Waals surface area contributed by atoms with Crippen LogP contribution in [0, 0.1) is 12.8 Å². The van der Waals surface area contributed by atoms with Gasteiger partial charge in [-0.05, 0) is 50.7 Å². The molecule has 0 aliphatic heterocycles. The quantitative estimate of drug-likeness (QED) is 0.590.